The first-order valence-corrected chi connectivity index (χ1v) is 5.76. The van der Waals surface area contributed by atoms with Crippen molar-refractivity contribution in [3.63, 3.8) is 0 Å². The molecule has 2 aromatic rings. The van der Waals surface area contributed by atoms with Crippen LogP contribution in [-0.4, -0.2) is 26.6 Å². The minimum Gasteiger partial charge on any atom is -0.476 e. The Labute approximate surface area is 110 Å². The molecule has 0 unspecified atom stereocenters. The highest BCUT2D eigenvalue weighted by molar-refractivity contribution is 7.08. The molecule has 1 aromatic heterocycles. The molecule has 0 aliphatic carbocycles. The Morgan fingerprint density at radius 2 is 2.17 bits per heavy atom. The summed E-state index contributed by atoms with van der Waals surface area (Å²) in [6.45, 7) is 0. The minimum atomic E-state index is -1.33. The van der Waals surface area contributed by atoms with Gasteiger partial charge in [0.1, 0.15) is 5.75 Å². The average molecular weight is 285 g/mol. The number of carbonyl (C=O) groups is 2. The molecule has 1 N–H and O–H groups in total. The SMILES string of the molecule is O=C(O)c1nnsc1C(=O)Oc1cccc(Cl)c1. The highest BCUT2D eigenvalue weighted by Gasteiger charge is 2.23. The molecule has 6 nitrogen and oxygen atoms in total. The van der Waals surface area contributed by atoms with Crippen LogP contribution < -0.4 is 4.74 Å². The summed E-state index contributed by atoms with van der Waals surface area (Å²) in [5.74, 6) is -1.94. The molecule has 92 valence electrons. The quantitative estimate of drug-likeness (QED) is 0.686. The van der Waals surface area contributed by atoms with Crippen molar-refractivity contribution < 1.29 is 19.4 Å². The van der Waals surface area contributed by atoms with E-state index in [1.165, 1.54) is 12.1 Å². The van der Waals surface area contributed by atoms with Crippen molar-refractivity contribution in [3.05, 3.63) is 39.9 Å². The Kier molecular flexibility index (Phi) is 3.54. The number of hydrogen-bond donors (Lipinski definition) is 1. The zero-order valence-corrected chi connectivity index (χ0v) is 10.2. The molecular formula is C10H5ClN2O4S. The molecule has 0 amide bonds. The summed E-state index contributed by atoms with van der Waals surface area (Å²) in [6, 6.07) is 6.19. The first-order valence-electron chi connectivity index (χ1n) is 4.61. The second-order valence-corrected chi connectivity index (χ2v) is 4.29. The third kappa shape index (κ3) is 2.63. The summed E-state index contributed by atoms with van der Waals surface area (Å²) in [6.07, 6.45) is 0. The molecular weight excluding hydrogens is 280 g/mol. The van der Waals surface area contributed by atoms with E-state index in [4.69, 9.17) is 21.4 Å². The number of ether oxygens (including phenoxy) is 1. The molecule has 2 rings (SSSR count). The number of carbonyl (C=O) groups excluding carboxylic acids is 1. The maximum Gasteiger partial charge on any atom is 0.358 e. The molecule has 0 spiro atoms. The summed E-state index contributed by atoms with van der Waals surface area (Å²) in [5.41, 5.74) is -0.424. The van der Waals surface area contributed by atoms with E-state index in [0.29, 0.717) is 16.6 Å². The molecule has 18 heavy (non-hydrogen) atoms. The molecule has 0 saturated heterocycles. The van der Waals surface area contributed by atoms with Gasteiger partial charge in [-0.1, -0.05) is 22.2 Å². The van der Waals surface area contributed by atoms with Gasteiger partial charge in [0.15, 0.2) is 10.6 Å². The first kappa shape index (κ1) is 12.5. The number of carboxylic acids is 1. The second-order valence-electron chi connectivity index (χ2n) is 3.10. The number of esters is 1. The van der Waals surface area contributed by atoms with Crippen molar-refractivity contribution in [1.29, 1.82) is 0 Å². The van der Waals surface area contributed by atoms with Crippen LogP contribution in [0.2, 0.25) is 5.02 Å². The zero-order chi connectivity index (χ0) is 13.1. The molecule has 0 fully saturated rings. The van der Waals surface area contributed by atoms with Gasteiger partial charge in [-0.2, -0.15) is 0 Å². The van der Waals surface area contributed by atoms with E-state index in [1.54, 1.807) is 12.1 Å². The summed E-state index contributed by atoms with van der Waals surface area (Å²) in [4.78, 5) is 22.3. The van der Waals surface area contributed by atoms with Gasteiger partial charge in [0.2, 0.25) is 0 Å². The Morgan fingerprint density at radius 1 is 1.39 bits per heavy atom. The molecule has 0 bridgehead atoms. The maximum absolute atomic E-state index is 11.7. The highest BCUT2D eigenvalue weighted by atomic mass is 35.5. The van der Waals surface area contributed by atoms with Crippen LogP contribution in [0.25, 0.3) is 0 Å². The van der Waals surface area contributed by atoms with E-state index in [1.807, 2.05) is 0 Å². The van der Waals surface area contributed by atoms with Crippen LogP contribution >= 0.6 is 23.1 Å². The monoisotopic (exact) mass is 284 g/mol. The number of benzene rings is 1. The number of carboxylic acid groups (broad SMARTS) is 1. The zero-order valence-electron chi connectivity index (χ0n) is 8.66. The van der Waals surface area contributed by atoms with Crippen molar-refractivity contribution in [1.82, 2.24) is 9.59 Å². The lowest BCUT2D eigenvalue weighted by Crippen LogP contribution is -2.12. The van der Waals surface area contributed by atoms with Crippen LogP contribution in [-0.2, 0) is 0 Å². The molecule has 0 saturated carbocycles. The predicted octanol–water partition coefficient (Wildman–Crippen LogP) is 2.11. The van der Waals surface area contributed by atoms with Crippen molar-refractivity contribution >= 4 is 35.1 Å². The van der Waals surface area contributed by atoms with Gasteiger partial charge in [-0.05, 0) is 29.7 Å². The lowest BCUT2D eigenvalue weighted by molar-refractivity contribution is 0.0665. The molecule has 0 aliphatic heterocycles. The second kappa shape index (κ2) is 5.11. The number of hydrogen-bond acceptors (Lipinski definition) is 6. The Hall–Kier alpha value is -1.99. The van der Waals surface area contributed by atoms with Crippen molar-refractivity contribution in [3.8, 4) is 5.75 Å². The van der Waals surface area contributed by atoms with Gasteiger partial charge in [0, 0.05) is 5.02 Å². The number of nitrogens with zero attached hydrogens (tertiary/aromatic N) is 2. The summed E-state index contributed by atoms with van der Waals surface area (Å²) >= 11 is 6.39. The maximum atomic E-state index is 11.7. The predicted molar refractivity (Wildman–Crippen MR) is 63.3 cm³/mol. The van der Waals surface area contributed by atoms with Gasteiger partial charge in [-0.15, -0.1) is 5.10 Å². The molecule has 1 aromatic carbocycles. The topological polar surface area (TPSA) is 89.4 Å². The standard InChI is InChI=1S/C10H5ClN2O4S/c11-5-2-1-3-6(4-5)17-10(16)8-7(9(14)15)12-13-18-8/h1-4H,(H,14,15). The summed E-state index contributed by atoms with van der Waals surface area (Å²) in [7, 11) is 0. The van der Waals surface area contributed by atoms with Gasteiger partial charge in [-0.3, -0.25) is 0 Å². The van der Waals surface area contributed by atoms with Crippen LogP contribution in [0, 0.1) is 0 Å². The van der Waals surface area contributed by atoms with E-state index in [-0.39, 0.29) is 10.6 Å². The van der Waals surface area contributed by atoms with E-state index >= 15 is 0 Å². The average Bonchev–Trinajstić information content (AvgIpc) is 2.77. The van der Waals surface area contributed by atoms with Crippen molar-refractivity contribution in [2.24, 2.45) is 0 Å². The van der Waals surface area contributed by atoms with E-state index < -0.39 is 17.6 Å². The van der Waals surface area contributed by atoms with Crippen LogP contribution in [0.15, 0.2) is 24.3 Å². The van der Waals surface area contributed by atoms with Crippen molar-refractivity contribution in [2.45, 2.75) is 0 Å². The number of aromatic carboxylic acids is 1. The largest absolute Gasteiger partial charge is 0.476 e. The van der Waals surface area contributed by atoms with Crippen LogP contribution in [0.1, 0.15) is 20.2 Å². The number of halogens is 1. The van der Waals surface area contributed by atoms with Gasteiger partial charge in [-0.25, -0.2) is 9.59 Å². The molecule has 8 heteroatoms. The Morgan fingerprint density at radius 3 is 2.83 bits per heavy atom. The molecule has 0 aliphatic rings. The molecule has 1 heterocycles. The van der Waals surface area contributed by atoms with Crippen LogP contribution in [0.4, 0.5) is 0 Å². The summed E-state index contributed by atoms with van der Waals surface area (Å²) in [5, 5.41) is 12.5. The lowest BCUT2D eigenvalue weighted by Gasteiger charge is -2.02. The normalized spacial score (nSPS) is 10.1. The van der Waals surface area contributed by atoms with Gasteiger partial charge in [0.25, 0.3) is 0 Å². The highest BCUT2D eigenvalue weighted by Crippen LogP contribution is 2.20. The van der Waals surface area contributed by atoms with Gasteiger partial charge >= 0.3 is 11.9 Å². The lowest BCUT2D eigenvalue weighted by atomic mass is 10.3. The van der Waals surface area contributed by atoms with E-state index in [0.717, 1.165) is 0 Å². The first-order chi connectivity index (χ1) is 8.58. The van der Waals surface area contributed by atoms with Crippen LogP contribution in [0.3, 0.4) is 0 Å². The number of aromatic nitrogens is 2. The summed E-state index contributed by atoms with van der Waals surface area (Å²) < 4.78 is 8.38. The fourth-order valence-electron chi connectivity index (χ4n) is 1.15. The Bertz CT molecular complexity index is 613. The van der Waals surface area contributed by atoms with Gasteiger partial charge in [0.05, 0.1) is 0 Å². The third-order valence-electron chi connectivity index (χ3n) is 1.88. The van der Waals surface area contributed by atoms with Crippen molar-refractivity contribution in [2.75, 3.05) is 0 Å². The molecule has 0 atom stereocenters. The van der Waals surface area contributed by atoms with Crippen LogP contribution in [0.5, 0.6) is 5.75 Å². The van der Waals surface area contributed by atoms with Gasteiger partial charge < -0.3 is 9.84 Å². The smallest absolute Gasteiger partial charge is 0.358 e. The van der Waals surface area contributed by atoms with E-state index in [9.17, 15) is 9.59 Å². The number of rotatable bonds is 3. The Balaban J connectivity index is 2.22. The molecule has 0 radical (unpaired) electrons. The fourth-order valence-corrected chi connectivity index (χ4v) is 1.86. The van der Waals surface area contributed by atoms with E-state index in [2.05, 4.69) is 9.59 Å². The fraction of sp³-hybridized carbons (Fsp3) is 0. The minimum absolute atomic E-state index is 0.164. The third-order valence-corrected chi connectivity index (χ3v) is 2.82.